The first-order valence-electron chi connectivity index (χ1n) is 10.2. The lowest BCUT2D eigenvalue weighted by molar-refractivity contribution is 0.177. The minimum absolute atomic E-state index is 0. The van der Waals surface area contributed by atoms with Crippen LogP contribution in [0.5, 0.6) is 0 Å². The van der Waals surface area contributed by atoms with Gasteiger partial charge < -0.3 is 15.4 Å². The third-order valence-corrected chi connectivity index (χ3v) is 4.89. The summed E-state index contributed by atoms with van der Waals surface area (Å²) in [6.07, 6.45) is 3.55. The fraction of sp³-hybridized carbons (Fsp3) is 0.450. The van der Waals surface area contributed by atoms with Crippen LogP contribution in [0.1, 0.15) is 30.8 Å². The molecule has 0 fully saturated rings. The lowest BCUT2D eigenvalue weighted by Gasteiger charge is -2.25. The number of halogens is 1. The van der Waals surface area contributed by atoms with Crippen molar-refractivity contribution in [3.63, 3.8) is 0 Å². The van der Waals surface area contributed by atoms with E-state index in [1.165, 1.54) is 0 Å². The number of fused-ring (bicyclic) bond motifs is 1. The highest BCUT2D eigenvalue weighted by Crippen LogP contribution is 2.14. The molecular weight excluding hydrogens is 509 g/mol. The van der Waals surface area contributed by atoms with Crippen LogP contribution in [0.4, 0.5) is 0 Å². The number of nitrogens with zero attached hydrogens (tertiary/aromatic N) is 7. The number of rotatable bonds is 7. The molecular formula is C20H28IN9O. The van der Waals surface area contributed by atoms with Gasteiger partial charge in [-0.05, 0) is 25.5 Å². The Labute approximate surface area is 198 Å². The molecule has 0 aliphatic carbocycles. The zero-order chi connectivity index (χ0) is 20.8. The first-order valence-corrected chi connectivity index (χ1v) is 10.2. The molecule has 0 saturated heterocycles. The lowest BCUT2D eigenvalue weighted by Crippen LogP contribution is -2.47. The maximum absolute atomic E-state index is 5.14. The monoisotopic (exact) mass is 537 g/mol. The van der Waals surface area contributed by atoms with E-state index in [0.717, 1.165) is 55.1 Å². The average molecular weight is 537 g/mol. The number of nitrogens with one attached hydrogen (secondary N) is 2. The summed E-state index contributed by atoms with van der Waals surface area (Å²) in [5, 5.41) is 19.7. The van der Waals surface area contributed by atoms with E-state index >= 15 is 0 Å². The second-order valence-electron chi connectivity index (χ2n) is 7.09. The SMILES string of the molecule is CCNC(=NCc1nncn1-c1ccccc1)NC1CCc2nc(COC)nn2C1.I. The van der Waals surface area contributed by atoms with Crippen molar-refractivity contribution >= 4 is 29.9 Å². The zero-order valence-corrected chi connectivity index (χ0v) is 20.1. The average Bonchev–Trinajstić information content (AvgIpc) is 3.39. The highest BCUT2D eigenvalue weighted by molar-refractivity contribution is 14.0. The number of hydrogen-bond donors (Lipinski definition) is 2. The molecule has 1 aromatic carbocycles. The van der Waals surface area contributed by atoms with E-state index in [2.05, 4.69) is 37.8 Å². The molecule has 2 N–H and O–H groups in total. The van der Waals surface area contributed by atoms with Crippen molar-refractivity contribution in [2.75, 3.05) is 13.7 Å². The van der Waals surface area contributed by atoms with Crippen LogP contribution in [0, 0.1) is 0 Å². The van der Waals surface area contributed by atoms with Crippen molar-refractivity contribution in [3.05, 3.63) is 54.1 Å². The highest BCUT2D eigenvalue weighted by atomic mass is 127. The number of methoxy groups -OCH3 is 1. The molecule has 3 aromatic rings. The standard InChI is InChI=1S/C20H27N9O.HI/c1-3-21-20(22-11-19-26-23-14-28(19)16-7-5-4-6-8-16)24-15-9-10-18-25-17(13-30-2)27-29(18)12-15;/h4-8,14-15H,3,9-13H2,1-2H3,(H2,21,22,24);1H. The molecule has 2 aromatic heterocycles. The number of benzene rings is 1. The zero-order valence-electron chi connectivity index (χ0n) is 17.7. The van der Waals surface area contributed by atoms with Crippen molar-refractivity contribution in [3.8, 4) is 5.69 Å². The van der Waals surface area contributed by atoms with E-state index in [0.29, 0.717) is 13.2 Å². The number of hydrogen-bond acceptors (Lipinski definition) is 6. The molecule has 31 heavy (non-hydrogen) atoms. The van der Waals surface area contributed by atoms with Crippen molar-refractivity contribution in [2.24, 2.45) is 4.99 Å². The van der Waals surface area contributed by atoms with Gasteiger partial charge in [-0.1, -0.05) is 18.2 Å². The van der Waals surface area contributed by atoms with E-state index in [1.54, 1.807) is 13.4 Å². The lowest BCUT2D eigenvalue weighted by atomic mass is 10.1. The van der Waals surface area contributed by atoms with E-state index in [1.807, 2.05) is 39.6 Å². The summed E-state index contributed by atoms with van der Waals surface area (Å²) in [6, 6.07) is 10.2. The first kappa shape index (κ1) is 23.1. The first-order chi connectivity index (χ1) is 14.8. The fourth-order valence-corrected chi connectivity index (χ4v) is 3.50. The van der Waals surface area contributed by atoms with Gasteiger partial charge in [0.1, 0.15) is 25.3 Å². The van der Waals surface area contributed by atoms with Crippen molar-refractivity contribution in [1.29, 1.82) is 0 Å². The van der Waals surface area contributed by atoms with Crippen LogP contribution < -0.4 is 10.6 Å². The molecule has 3 heterocycles. The molecule has 0 radical (unpaired) electrons. The molecule has 1 aliphatic rings. The Bertz CT molecular complexity index is 986. The molecule has 1 atom stereocenters. The normalized spacial score (nSPS) is 15.8. The molecule has 0 amide bonds. The summed E-state index contributed by atoms with van der Waals surface area (Å²) in [6.45, 7) is 4.43. The summed E-state index contributed by atoms with van der Waals surface area (Å²) in [4.78, 5) is 9.27. The highest BCUT2D eigenvalue weighted by Gasteiger charge is 2.22. The minimum atomic E-state index is 0. The second-order valence-corrected chi connectivity index (χ2v) is 7.09. The minimum Gasteiger partial charge on any atom is -0.377 e. The van der Waals surface area contributed by atoms with Gasteiger partial charge in [-0.2, -0.15) is 5.10 Å². The summed E-state index contributed by atoms with van der Waals surface area (Å²) in [7, 11) is 1.65. The third-order valence-electron chi connectivity index (χ3n) is 4.89. The molecule has 4 rings (SSSR count). The maximum Gasteiger partial charge on any atom is 0.191 e. The molecule has 0 saturated carbocycles. The van der Waals surface area contributed by atoms with Gasteiger partial charge in [0.25, 0.3) is 0 Å². The molecule has 166 valence electrons. The summed E-state index contributed by atoms with van der Waals surface area (Å²) in [5.41, 5.74) is 1.02. The second kappa shape index (κ2) is 11.2. The van der Waals surface area contributed by atoms with Crippen LogP contribution in [0.25, 0.3) is 5.69 Å². The van der Waals surface area contributed by atoms with Crippen LogP contribution in [0.3, 0.4) is 0 Å². The Hall–Kier alpha value is -2.54. The van der Waals surface area contributed by atoms with Gasteiger partial charge in [-0.15, -0.1) is 34.2 Å². The molecule has 1 unspecified atom stereocenters. The van der Waals surface area contributed by atoms with Gasteiger partial charge in [-0.25, -0.2) is 14.7 Å². The van der Waals surface area contributed by atoms with E-state index in [9.17, 15) is 0 Å². The maximum atomic E-state index is 5.14. The number of aliphatic imine (C=N–C) groups is 1. The Balaban J connectivity index is 0.00000272. The summed E-state index contributed by atoms with van der Waals surface area (Å²) < 4.78 is 9.06. The predicted octanol–water partition coefficient (Wildman–Crippen LogP) is 1.69. The topological polar surface area (TPSA) is 107 Å². The summed E-state index contributed by atoms with van der Waals surface area (Å²) in [5.74, 6) is 3.28. The van der Waals surface area contributed by atoms with Gasteiger partial charge in [-0.3, -0.25) is 4.57 Å². The number of ether oxygens (including phenoxy) is 1. The van der Waals surface area contributed by atoms with Crippen LogP contribution in [0.2, 0.25) is 0 Å². The van der Waals surface area contributed by atoms with Crippen LogP contribution in [-0.4, -0.2) is 55.2 Å². The van der Waals surface area contributed by atoms with Crippen LogP contribution in [-0.2, 0) is 30.9 Å². The number of guanidine groups is 1. The van der Waals surface area contributed by atoms with Crippen molar-refractivity contribution < 1.29 is 4.74 Å². The van der Waals surface area contributed by atoms with Gasteiger partial charge >= 0.3 is 0 Å². The number of aryl methyl sites for hydroxylation is 1. The molecule has 1 aliphatic heterocycles. The van der Waals surface area contributed by atoms with Crippen LogP contribution in [0.15, 0.2) is 41.7 Å². The van der Waals surface area contributed by atoms with Gasteiger partial charge in [0.2, 0.25) is 0 Å². The number of para-hydroxylation sites is 1. The quantitative estimate of drug-likeness (QED) is 0.269. The van der Waals surface area contributed by atoms with Gasteiger partial charge in [0, 0.05) is 31.8 Å². The Morgan fingerprint density at radius 2 is 2.13 bits per heavy atom. The predicted molar refractivity (Wildman–Crippen MR) is 128 cm³/mol. The summed E-state index contributed by atoms with van der Waals surface area (Å²) >= 11 is 0. The Morgan fingerprint density at radius 3 is 2.90 bits per heavy atom. The number of aromatic nitrogens is 6. The van der Waals surface area contributed by atoms with Crippen LogP contribution >= 0.6 is 24.0 Å². The Morgan fingerprint density at radius 1 is 1.29 bits per heavy atom. The van der Waals surface area contributed by atoms with E-state index in [4.69, 9.17) is 9.73 Å². The van der Waals surface area contributed by atoms with Gasteiger partial charge in [0.05, 0.1) is 6.54 Å². The third kappa shape index (κ3) is 5.79. The van der Waals surface area contributed by atoms with E-state index < -0.39 is 0 Å². The smallest absolute Gasteiger partial charge is 0.191 e. The van der Waals surface area contributed by atoms with Crippen molar-refractivity contribution in [2.45, 2.75) is 45.5 Å². The van der Waals surface area contributed by atoms with Crippen molar-refractivity contribution in [1.82, 2.24) is 40.2 Å². The largest absolute Gasteiger partial charge is 0.377 e. The van der Waals surface area contributed by atoms with Gasteiger partial charge in [0.15, 0.2) is 17.6 Å². The Kier molecular flexibility index (Phi) is 8.35. The van der Waals surface area contributed by atoms with E-state index in [-0.39, 0.29) is 30.0 Å². The molecule has 11 heteroatoms. The molecule has 10 nitrogen and oxygen atoms in total. The molecule has 0 spiro atoms. The molecule has 0 bridgehead atoms. The fourth-order valence-electron chi connectivity index (χ4n) is 3.50.